The normalized spacial score (nSPS) is 35.2. The van der Waals surface area contributed by atoms with Crippen molar-refractivity contribution >= 4 is 16.9 Å². The van der Waals surface area contributed by atoms with E-state index in [9.17, 15) is 4.79 Å². The number of carbonyl (C=O) groups is 1. The molecule has 26 heavy (non-hydrogen) atoms. The molecule has 1 N–H and O–H groups in total. The number of H-pyrrole nitrogens is 1. The van der Waals surface area contributed by atoms with Crippen molar-refractivity contribution in [3.63, 3.8) is 0 Å². The maximum absolute atomic E-state index is 13.3. The maximum Gasteiger partial charge on any atom is 0.319 e. The fraction of sp³-hybridized carbons (Fsp3) is 0.591. The zero-order valence-corrected chi connectivity index (χ0v) is 16.0. The second-order valence-corrected chi connectivity index (χ2v) is 8.65. The number of carbonyl (C=O) groups excluding carboxylic acids is 1. The van der Waals surface area contributed by atoms with E-state index < -0.39 is 5.41 Å². The van der Waals surface area contributed by atoms with E-state index in [0.717, 1.165) is 43.6 Å². The molecule has 6 rings (SSSR count). The minimum atomic E-state index is -0.532. The molecule has 4 aliphatic rings. The Balaban J connectivity index is 1.81. The molecule has 4 nitrogen and oxygen atoms in total. The van der Waals surface area contributed by atoms with Gasteiger partial charge in [0.05, 0.1) is 7.11 Å². The van der Waals surface area contributed by atoms with Gasteiger partial charge < -0.3 is 9.72 Å². The number of piperidine rings is 2. The van der Waals surface area contributed by atoms with Gasteiger partial charge in [-0.3, -0.25) is 9.69 Å². The standard InChI is InChI=1S/C22H28N2O2/c1-4-15-10-14-11-22(21(25)26-3)19-16(7-8-24(12-14)20(15)22)17-9-13(2)5-6-18(17)23-19/h5-6,9,14-15,20,23H,4,7-8,10-12H2,1-3H3/t14?,15-,20?,22-/m0/s1. The highest BCUT2D eigenvalue weighted by atomic mass is 16.5. The average molecular weight is 352 g/mol. The summed E-state index contributed by atoms with van der Waals surface area (Å²) >= 11 is 0. The number of ether oxygens (including phenoxy) is 1. The summed E-state index contributed by atoms with van der Waals surface area (Å²) in [6.45, 7) is 6.60. The monoisotopic (exact) mass is 352 g/mol. The number of aromatic amines is 1. The van der Waals surface area contributed by atoms with E-state index in [2.05, 4.69) is 41.9 Å². The SMILES string of the molecule is CC[C@H]1CC2CN3CCc4c([nH]c5ccc(C)cc45)[C@@](C(=O)OC)(C2)C13. The van der Waals surface area contributed by atoms with Crippen molar-refractivity contribution in [3.05, 3.63) is 35.0 Å². The minimum Gasteiger partial charge on any atom is -0.468 e. The highest BCUT2D eigenvalue weighted by Gasteiger charge is 2.62. The third-order valence-corrected chi connectivity index (χ3v) is 7.32. The fourth-order valence-corrected chi connectivity index (χ4v) is 6.43. The van der Waals surface area contributed by atoms with Gasteiger partial charge in [-0.1, -0.05) is 25.0 Å². The Morgan fingerprint density at radius 2 is 2.27 bits per heavy atom. The fourth-order valence-electron chi connectivity index (χ4n) is 6.43. The summed E-state index contributed by atoms with van der Waals surface area (Å²) < 4.78 is 5.46. The second kappa shape index (κ2) is 5.59. The number of nitrogens with zero attached hydrogens (tertiary/aromatic N) is 1. The summed E-state index contributed by atoms with van der Waals surface area (Å²) in [6.07, 6.45) is 4.32. The molecule has 1 saturated carbocycles. The highest BCUT2D eigenvalue weighted by Crippen LogP contribution is 2.55. The van der Waals surface area contributed by atoms with Crippen molar-refractivity contribution in [2.75, 3.05) is 20.2 Å². The number of benzene rings is 1. The number of nitrogens with one attached hydrogen (secondary N) is 1. The Kier molecular flexibility index (Phi) is 3.52. The lowest BCUT2D eigenvalue weighted by atomic mass is 9.56. The molecule has 1 aromatic heterocycles. The molecular formula is C22H28N2O2. The van der Waals surface area contributed by atoms with Crippen molar-refractivity contribution in [1.29, 1.82) is 0 Å². The lowest BCUT2D eigenvalue weighted by Crippen LogP contribution is -2.67. The second-order valence-electron chi connectivity index (χ2n) is 8.65. The van der Waals surface area contributed by atoms with E-state index in [-0.39, 0.29) is 12.0 Å². The van der Waals surface area contributed by atoms with Crippen LogP contribution in [0.4, 0.5) is 0 Å². The number of esters is 1. The van der Waals surface area contributed by atoms with Gasteiger partial charge in [0, 0.05) is 35.7 Å². The smallest absolute Gasteiger partial charge is 0.319 e. The van der Waals surface area contributed by atoms with E-state index in [0.29, 0.717) is 11.8 Å². The largest absolute Gasteiger partial charge is 0.468 e. The van der Waals surface area contributed by atoms with Crippen molar-refractivity contribution in [2.45, 2.75) is 51.0 Å². The summed E-state index contributed by atoms with van der Waals surface area (Å²) in [6, 6.07) is 6.85. The van der Waals surface area contributed by atoms with Gasteiger partial charge in [-0.15, -0.1) is 0 Å². The number of methoxy groups -OCH3 is 1. The van der Waals surface area contributed by atoms with Gasteiger partial charge in [-0.05, 0) is 55.7 Å². The molecule has 0 radical (unpaired) electrons. The quantitative estimate of drug-likeness (QED) is 0.841. The van der Waals surface area contributed by atoms with Crippen LogP contribution in [0.1, 0.15) is 43.0 Å². The molecule has 0 spiro atoms. The minimum absolute atomic E-state index is 0.0400. The number of hydrogen-bond donors (Lipinski definition) is 1. The van der Waals surface area contributed by atoms with Crippen molar-refractivity contribution in [3.8, 4) is 0 Å². The first-order valence-corrected chi connectivity index (χ1v) is 10.0. The Hall–Kier alpha value is -1.81. The molecule has 3 aliphatic heterocycles. The molecule has 4 heterocycles. The van der Waals surface area contributed by atoms with Crippen LogP contribution in [0.3, 0.4) is 0 Å². The van der Waals surface area contributed by atoms with Gasteiger partial charge in [0.25, 0.3) is 0 Å². The molecule has 138 valence electrons. The third kappa shape index (κ3) is 1.97. The molecule has 4 heteroatoms. The van der Waals surface area contributed by atoms with Crippen LogP contribution in [0.15, 0.2) is 18.2 Å². The summed E-state index contributed by atoms with van der Waals surface area (Å²) in [5, 5.41) is 1.29. The van der Waals surface area contributed by atoms with Crippen molar-refractivity contribution in [2.24, 2.45) is 11.8 Å². The number of hydrogen-bond acceptors (Lipinski definition) is 3. The zero-order chi connectivity index (χ0) is 18.1. The van der Waals surface area contributed by atoms with E-state index in [1.165, 1.54) is 22.9 Å². The van der Waals surface area contributed by atoms with Gasteiger partial charge in [-0.25, -0.2) is 0 Å². The summed E-state index contributed by atoms with van der Waals surface area (Å²) in [7, 11) is 1.56. The van der Waals surface area contributed by atoms with E-state index in [4.69, 9.17) is 4.74 Å². The molecule has 1 aliphatic carbocycles. The first-order chi connectivity index (χ1) is 12.6. The molecule has 2 aromatic rings. The van der Waals surface area contributed by atoms with Crippen LogP contribution in [0.5, 0.6) is 0 Å². The predicted molar refractivity (Wildman–Crippen MR) is 102 cm³/mol. The summed E-state index contributed by atoms with van der Waals surface area (Å²) in [5.74, 6) is 1.12. The Morgan fingerprint density at radius 1 is 1.42 bits per heavy atom. The van der Waals surface area contributed by atoms with Crippen LogP contribution in [0.25, 0.3) is 10.9 Å². The van der Waals surface area contributed by atoms with E-state index in [1.54, 1.807) is 7.11 Å². The summed E-state index contributed by atoms with van der Waals surface area (Å²) in [5.41, 5.74) is 4.40. The van der Waals surface area contributed by atoms with Crippen LogP contribution < -0.4 is 0 Å². The number of aromatic nitrogens is 1. The van der Waals surface area contributed by atoms with Gasteiger partial charge >= 0.3 is 5.97 Å². The lowest BCUT2D eigenvalue weighted by Gasteiger charge is -2.57. The molecule has 4 bridgehead atoms. The summed E-state index contributed by atoms with van der Waals surface area (Å²) in [4.78, 5) is 19.6. The first-order valence-electron chi connectivity index (χ1n) is 10.0. The molecule has 2 saturated heterocycles. The number of aryl methyl sites for hydroxylation is 1. The third-order valence-electron chi connectivity index (χ3n) is 7.32. The van der Waals surface area contributed by atoms with Crippen molar-refractivity contribution < 1.29 is 9.53 Å². The van der Waals surface area contributed by atoms with E-state index >= 15 is 0 Å². The topological polar surface area (TPSA) is 45.3 Å². The Labute approximate surface area is 154 Å². The van der Waals surface area contributed by atoms with Crippen LogP contribution >= 0.6 is 0 Å². The molecule has 3 fully saturated rings. The van der Waals surface area contributed by atoms with Crippen LogP contribution in [0, 0.1) is 18.8 Å². The van der Waals surface area contributed by atoms with Crippen LogP contribution in [0.2, 0.25) is 0 Å². The molecule has 3 unspecified atom stereocenters. The van der Waals surface area contributed by atoms with Crippen LogP contribution in [-0.2, 0) is 21.4 Å². The maximum atomic E-state index is 13.3. The molecule has 1 aromatic carbocycles. The lowest BCUT2D eigenvalue weighted by molar-refractivity contribution is -0.162. The molecule has 5 atom stereocenters. The average Bonchev–Trinajstić information content (AvgIpc) is 2.98. The number of rotatable bonds is 2. The first kappa shape index (κ1) is 16.4. The van der Waals surface area contributed by atoms with Gasteiger partial charge in [0.1, 0.15) is 5.41 Å². The Bertz CT molecular complexity index is 886. The highest BCUT2D eigenvalue weighted by molar-refractivity contribution is 5.92. The number of fused-ring (bicyclic) bond motifs is 4. The Morgan fingerprint density at radius 3 is 3.04 bits per heavy atom. The van der Waals surface area contributed by atoms with Gasteiger partial charge in [0.15, 0.2) is 0 Å². The van der Waals surface area contributed by atoms with Gasteiger partial charge in [0.2, 0.25) is 0 Å². The van der Waals surface area contributed by atoms with E-state index in [1.807, 2.05) is 0 Å². The predicted octanol–water partition coefficient (Wildman–Crippen LogP) is 3.56. The molecule has 0 amide bonds. The van der Waals surface area contributed by atoms with Crippen LogP contribution in [-0.4, -0.2) is 42.1 Å². The molecular weight excluding hydrogens is 324 g/mol. The van der Waals surface area contributed by atoms with Gasteiger partial charge in [-0.2, -0.15) is 0 Å². The van der Waals surface area contributed by atoms with Crippen molar-refractivity contribution in [1.82, 2.24) is 9.88 Å². The zero-order valence-electron chi connectivity index (χ0n) is 16.0.